The van der Waals surface area contributed by atoms with E-state index in [4.69, 9.17) is 11.5 Å². The highest BCUT2D eigenvalue weighted by Crippen LogP contribution is 2.33. The van der Waals surface area contributed by atoms with Crippen LogP contribution in [0.2, 0.25) is 0 Å². The van der Waals surface area contributed by atoms with Gasteiger partial charge in [0.1, 0.15) is 16.5 Å². The summed E-state index contributed by atoms with van der Waals surface area (Å²) in [7, 11) is -3.82. The predicted octanol–water partition coefficient (Wildman–Crippen LogP) is 3.00. The molecule has 3 aromatic rings. The van der Waals surface area contributed by atoms with E-state index in [-0.39, 0.29) is 16.3 Å². The summed E-state index contributed by atoms with van der Waals surface area (Å²) in [6.45, 7) is 2.84. The van der Waals surface area contributed by atoms with Crippen LogP contribution < -0.4 is 11.5 Å². The Bertz CT molecular complexity index is 1090. The van der Waals surface area contributed by atoms with Gasteiger partial charge in [-0.15, -0.1) is 0 Å². The summed E-state index contributed by atoms with van der Waals surface area (Å²) in [5.74, 6) is -0.315. The molecule has 1 aromatic heterocycles. The van der Waals surface area contributed by atoms with Gasteiger partial charge in [-0.3, -0.25) is 4.98 Å². The van der Waals surface area contributed by atoms with Crippen molar-refractivity contribution in [3.63, 3.8) is 0 Å². The lowest BCUT2D eigenvalue weighted by molar-refractivity contribution is 0.553. The molecule has 27 heavy (non-hydrogen) atoms. The fourth-order valence-corrected chi connectivity index (χ4v) is 3.89. The molecule has 0 amide bonds. The van der Waals surface area contributed by atoms with E-state index in [9.17, 15) is 12.8 Å². The van der Waals surface area contributed by atoms with Crippen molar-refractivity contribution in [2.75, 3.05) is 5.73 Å². The van der Waals surface area contributed by atoms with Crippen LogP contribution in [0, 0.1) is 5.82 Å². The number of halogens is 1. The number of hydrogen-bond donors (Lipinski definition) is 2. The Kier molecular flexibility index (Phi) is 4.71. The number of nitrogens with two attached hydrogens (primary N) is 2. The second-order valence-electron chi connectivity index (χ2n) is 6.62. The van der Waals surface area contributed by atoms with Crippen LogP contribution >= 0.6 is 0 Å². The van der Waals surface area contributed by atoms with E-state index in [0.29, 0.717) is 16.8 Å². The summed E-state index contributed by atoms with van der Waals surface area (Å²) >= 11 is 0. The van der Waals surface area contributed by atoms with Crippen molar-refractivity contribution in [2.45, 2.75) is 23.6 Å². The van der Waals surface area contributed by atoms with E-state index in [1.165, 1.54) is 44.4 Å². The van der Waals surface area contributed by atoms with Crippen molar-refractivity contribution in [3.05, 3.63) is 60.7 Å². The Balaban J connectivity index is 2.12. The first-order valence-electron chi connectivity index (χ1n) is 8.11. The van der Waals surface area contributed by atoms with E-state index >= 15 is 0 Å². The first-order valence-corrected chi connectivity index (χ1v) is 9.60. The Morgan fingerprint density at radius 1 is 1.00 bits per heavy atom. The molecule has 0 radical (unpaired) electrons. The topological polar surface area (TPSA) is 112 Å². The van der Waals surface area contributed by atoms with Gasteiger partial charge in [-0.1, -0.05) is 24.3 Å². The highest BCUT2D eigenvalue weighted by atomic mass is 32.2. The van der Waals surface area contributed by atoms with Crippen molar-refractivity contribution in [3.8, 4) is 22.4 Å². The van der Waals surface area contributed by atoms with Gasteiger partial charge in [-0.2, -0.15) is 0 Å². The molecule has 0 saturated heterocycles. The average molecular weight is 386 g/mol. The van der Waals surface area contributed by atoms with Crippen LogP contribution in [0.1, 0.15) is 13.8 Å². The zero-order chi connectivity index (χ0) is 19.8. The van der Waals surface area contributed by atoms with Crippen molar-refractivity contribution in [1.82, 2.24) is 9.97 Å². The number of nitrogens with zero attached hydrogens (tertiary/aromatic N) is 2. The summed E-state index contributed by atoms with van der Waals surface area (Å²) < 4.78 is 40.3. The first kappa shape index (κ1) is 18.9. The van der Waals surface area contributed by atoms with Gasteiger partial charge < -0.3 is 11.5 Å². The third-order valence-corrected chi connectivity index (χ3v) is 6.42. The van der Waals surface area contributed by atoms with Gasteiger partial charge in [0.25, 0.3) is 0 Å². The number of rotatable bonds is 4. The summed E-state index contributed by atoms with van der Waals surface area (Å²) in [6, 6.07) is 10.8. The molecule has 0 unspecified atom stereocenters. The van der Waals surface area contributed by atoms with Crippen LogP contribution in [0.3, 0.4) is 0 Å². The first-order chi connectivity index (χ1) is 12.6. The molecule has 0 spiro atoms. The molecular formula is C19H19FN4O2S. The minimum atomic E-state index is -3.82. The lowest BCUT2D eigenvalue weighted by atomic mass is 10.0. The quantitative estimate of drug-likeness (QED) is 0.713. The maximum absolute atomic E-state index is 14.7. The van der Waals surface area contributed by atoms with Crippen molar-refractivity contribution in [2.24, 2.45) is 5.73 Å². The van der Waals surface area contributed by atoms with Gasteiger partial charge in [-0.05, 0) is 37.6 Å². The smallest absolute Gasteiger partial charge is 0.196 e. The molecule has 140 valence electrons. The molecule has 8 heteroatoms. The van der Waals surface area contributed by atoms with Crippen LogP contribution in [-0.4, -0.2) is 23.3 Å². The molecule has 6 nitrogen and oxygen atoms in total. The molecule has 0 saturated carbocycles. The molecular weight excluding hydrogens is 367 g/mol. The lowest BCUT2D eigenvalue weighted by Crippen LogP contribution is -2.41. The fraction of sp³-hybridized carbons (Fsp3) is 0.158. The largest absolute Gasteiger partial charge is 0.382 e. The number of aromatic nitrogens is 2. The lowest BCUT2D eigenvalue weighted by Gasteiger charge is -2.21. The van der Waals surface area contributed by atoms with Crippen molar-refractivity contribution >= 4 is 15.7 Å². The third kappa shape index (κ3) is 3.54. The van der Waals surface area contributed by atoms with Gasteiger partial charge in [0.15, 0.2) is 9.84 Å². The molecule has 0 aliphatic heterocycles. The molecule has 0 aliphatic rings. The standard InChI is InChI=1S/C19H19FN4O2S/c1-19(2,22)27(25,26)17-6-4-3-5-13(17)12-7-8-14(15(20)9-12)16-10-24-18(21)11-23-16/h3-11H,22H2,1-2H3,(H2,21,24). The van der Waals surface area contributed by atoms with Gasteiger partial charge in [0.05, 0.1) is 23.0 Å². The maximum atomic E-state index is 14.7. The molecule has 3 rings (SSSR count). The minimum absolute atomic E-state index is 0.0527. The third-order valence-electron chi connectivity index (χ3n) is 4.10. The fourth-order valence-electron chi connectivity index (χ4n) is 2.59. The molecule has 2 aromatic carbocycles. The van der Waals surface area contributed by atoms with Gasteiger partial charge >= 0.3 is 0 Å². The summed E-state index contributed by atoms with van der Waals surface area (Å²) in [5.41, 5.74) is 12.7. The highest BCUT2D eigenvalue weighted by Gasteiger charge is 2.33. The van der Waals surface area contributed by atoms with Crippen LogP contribution in [0.25, 0.3) is 22.4 Å². The average Bonchev–Trinajstić information content (AvgIpc) is 2.61. The van der Waals surface area contributed by atoms with E-state index < -0.39 is 20.5 Å². The van der Waals surface area contributed by atoms with Gasteiger partial charge in [0, 0.05) is 11.1 Å². The Morgan fingerprint density at radius 3 is 2.30 bits per heavy atom. The van der Waals surface area contributed by atoms with Crippen LogP contribution in [-0.2, 0) is 9.84 Å². The Labute approximate surface area is 157 Å². The number of nitrogen functional groups attached to an aromatic ring is 1. The van der Waals surface area contributed by atoms with E-state index in [2.05, 4.69) is 9.97 Å². The maximum Gasteiger partial charge on any atom is 0.196 e. The molecule has 0 bridgehead atoms. The second-order valence-corrected chi connectivity index (χ2v) is 9.12. The number of sulfone groups is 1. The summed E-state index contributed by atoms with van der Waals surface area (Å²) in [5, 5.41) is 0. The monoisotopic (exact) mass is 386 g/mol. The van der Waals surface area contributed by atoms with E-state index in [1.807, 2.05) is 0 Å². The van der Waals surface area contributed by atoms with E-state index in [1.54, 1.807) is 24.3 Å². The molecule has 4 N–H and O–H groups in total. The SMILES string of the molecule is CC(C)(N)S(=O)(=O)c1ccccc1-c1ccc(-c2cnc(N)cn2)c(F)c1. The summed E-state index contributed by atoms with van der Waals surface area (Å²) in [4.78, 5) is 6.55. The second kappa shape index (κ2) is 6.71. The van der Waals surface area contributed by atoms with Crippen LogP contribution in [0.5, 0.6) is 0 Å². The Morgan fingerprint density at radius 2 is 1.70 bits per heavy atom. The molecule has 1 heterocycles. The number of hydrogen-bond acceptors (Lipinski definition) is 6. The number of benzene rings is 2. The normalized spacial score (nSPS) is 12.1. The van der Waals surface area contributed by atoms with Crippen molar-refractivity contribution in [1.29, 1.82) is 0 Å². The molecule has 0 atom stereocenters. The zero-order valence-electron chi connectivity index (χ0n) is 14.8. The van der Waals surface area contributed by atoms with Crippen LogP contribution in [0.4, 0.5) is 10.2 Å². The van der Waals surface area contributed by atoms with Gasteiger partial charge in [-0.25, -0.2) is 17.8 Å². The Hall–Kier alpha value is -2.84. The highest BCUT2D eigenvalue weighted by molar-refractivity contribution is 7.92. The molecule has 0 aliphatic carbocycles. The van der Waals surface area contributed by atoms with E-state index in [0.717, 1.165) is 0 Å². The minimum Gasteiger partial charge on any atom is -0.382 e. The van der Waals surface area contributed by atoms with Crippen LogP contribution in [0.15, 0.2) is 59.8 Å². The van der Waals surface area contributed by atoms with Crippen molar-refractivity contribution < 1.29 is 12.8 Å². The molecule has 0 fully saturated rings. The number of anilines is 1. The predicted molar refractivity (Wildman–Crippen MR) is 103 cm³/mol. The van der Waals surface area contributed by atoms with Gasteiger partial charge in [0.2, 0.25) is 0 Å². The zero-order valence-corrected chi connectivity index (χ0v) is 15.7. The summed E-state index contributed by atoms with van der Waals surface area (Å²) in [6.07, 6.45) is 2.72.